The SMILES string of the molecule is CC(C)=CCCC(C)=CCCC(C)=CCCC(=O)OO. The molecule has 0 bridgehead atoms. The molecule has 114 valence electrons. The Morgan fingerprint density at radius 2 is 1.30 bits per heavy atom. The van der Waals surface area contributed by atoms with Crippen LogP contribution < -0.4 is 0 Å². The highest BCUT2D eigenvalue weighted by Crippen LogP contribution is 2.12. The van der Waals surface area contributed by atoms with Gasteiger partial charge in [-0.2, -0.15) is 5.26 Å². The van der Waals surface area contributed by atoms with Crippen LogP contribution in [0, 0.1) is 0 Å². The van der Waals surface area contributed by atoms with Gasteiger partial charge in [-0.3, -0.25) is 0 Å². The van der Waals surface area contributed by atoms with Gasteiger partial charge in [-0.25, -0.2) is 4.79 Å². The second-order valence-corrected chi connectivity index (χ2v) is 5.46. The Morgan fingerprint density at radius 1 is 0.850 bits per heavy atom. The number of rotatable bonds is 9. The molecule has 0 aromatic heterocycles. The van der Waals surface area contributed by atoms with Crippen molar-refractivity contribution < 1.29 is 14.9 Å². The van der Waals surface area contributed by atoms with Gasteiger partial charge in [0.05, 0.1) is 6.42 Å². The van der Waals surface area contributed by atoms with Crippen LogP contribution >= 0.6 is 0 Å². The van der Waals surface area contributed by atoms with Gasteiger partial charge in [0.1, 0.15) is 0 Å². The van der Waals surface area contributed by atoms with Crippen molar-refractivity contribution in [2.75, 3.05) is 0 Å². The normalized spacial score (nSPS) is 12.2. The minimum Gasteiger partial charge on any atom is -0.301 e. The molecule has 3 heteroatoms. The first-order valence-corrected chi connectivity index (χ1v) is 7.24. The number of carbonyl (C=O) groups is 1. The Bertz CT molecular complexity index is 372. The molecule has 0 heterocycles. The average Bonchev–Trinajstić information content (AvgIpc) is 2.38. The van der Waals surface area contributed by atoms with Gasteiger partial charge in [0.25, 0.3) is 0 Å². The molecule has 0 aromatic rings. The molecule has 0 saturated heterocycles. The first-order valence-electron chi connectivity index (χ1n) is 7.24. The smallest absolute Gasteiger partial charge is 0.301 e. The fraction of sp³-hybridized carbons (Fsp3) is 0.588. The summed E-state index contributed by atoms with van der Waals surface area (Å²) in [5.41, 5.74) is 4.07. The lowest BCUT2D eigenvalue weighted by atomic mass is 10.1. The van der Waals surface area contributed by atoms with Crippen molar-refractivity contribution in [3.8, 4) is 0 Å². The predicted molar refractivity (Wildman–Crippen MR) is 83.4 cm³/mol. The third-order valence-corrected chi connectivity index (χ3v) is 3.07. The Labute approximate surface area is 123 Å². The van der Waals surface area contributed by atoms with Crippen molar-refractivity contribution >= 4 is 5.97 Å². The zero-order valence-electron chi connectivity index (χ0n) is 13.2. The van der Waals surface area contributed by atoms with E-state index < -0.39 is 5.97 Å². The Morgan fingerprint density at radius 3 is 1.75 bits per heavy atom. The topological polar surface area (TPSA) is 46.5 Å². The first kappa shape index (κ1) is 18.7. The number of hydrogen-bond donors (Lipinski definition) is 1. The monoisotopic (exact) mass is 280 g/mol. The maximum atomic E-state index is 10.7. The maximum absolute atomic E-state index is 10.7. The van der Waals surface area contributed by atoms with Crippen molar-refractivity contribution in [2.45, 2.75) is 66.2 Å². The molecule has 20 heavy (non-hydrogen) atoms. The summed E-state index contributed by atoms with van der Waals surface area (Å²) in [7, 11) is 0. The third-order valence-electron chi connectivity index (χ3n) is 3.07. The highest BCUT2D eigenvalue weighted by atomic mass is 17.1. The molecule has 0 aromatic carbocycles. The fourth-order valence-corrected chi connectivity index (χ4v) is 1.82. The van der Waals surface area contributed by atoms with Crippen LogP contribution in [0.4, 0.5) is 0 Å². The van der Waals surface area contributed by atoms with E-state index in [2.05, 4.69) is 44.7 Å². The molecule has 0 unspecified atom stereocenters. The van der Waals surface area contributed by atoms with Crippen molar-refractivity contribution in [3.05, 3.63) is 34.9 Å². The highest BCUT2D eigenvalue weighted by Gasteiger charge is 1.99. The number of carbonyl (C=O) groups excluding carboxylic acids is 1. The van der Waals surface area contributed by atoms with E-state index in [4.69, 9.17) is 5.26 Å². The van der Waals surface area contributed by atoms with Crippen LogP contribution in [0.1, 0.15) is 66.2 Å². The third kappa shape index (κ3) is 11.7. The minimum absolute atomic E-state index is 0.228. The van der Waals surface area contributed by atoms with Crippen LogP contribution in [-0.4, -0.2) is 11.2 Å². The van der Waals surface area contributed by atoms with Gasteiger partial charge in [-0.1, -0.05) is 34.9 Å². The van der Waals surface area contributed by atoms with Crippen LogP contribution in [0.2, 0.25) is 0 Å². The van der Waals surface area contributed by atoms with E-state index in [9.17, 15) is 4.79 Å². The minimum atomic E-state index is -0.580. The number of hydrogen-bond acceptors (Lipinski definition) is 3. The Hall–Kier alpha value is -1.35. The van der Waals surface area contributed by atoms with Crippen molar-refractivity contribution in [1.29, 1.82) is 0 Å². The first-order chi connectivity index (χ1) is 9.45. The molecule has 0 atom stereocenters. The van der Waals surface area contributed by atoms with Gasteiger partial charge in [-0.05, 0) is 59.8 Å². The van der Waals surface area contributed by atoms with E-state index in [-0.39, 0.29) is 6.42 Å². The van der Waals surface area contributed by atoms with E-state index in [1.54, 1.807) is 0 Å². The Balaban J connectivity index is 3.88. The second-order valence-electron chi connectivity index (χ2n) is 5.46. The molecule has 0 amide bonds. The van der Waals surface area contributed by atoms with Crippen molar-refractivity contribution in [1.82, 2.24) is 0 Å². The summed E-state index contributed by atoms with van der Waals surface area (Å²) in [6.45, 7) is 8.49. The van der Waals surface area contributed by atoms with Gasteiger partial charge >= 0.3 is 5.97 Å². The molecule has 0 aliphatic heterocycles. The molecule has 0 aliphatic rings. The summed E-state index contributed by atoms with van der Waals surface area (Å²) in [5.74, 6) is -0.580. The molecule has 3 nitrogen and oxygen atoms in total. The molecular weight excluding hydrogens is 252 g/mol. The summed E-state index contributed by atoms with van der Waals surface area (Å²) < 4.78 is 0. The maximum Gasteiger partial charge on any atom is 0.342 e. The molecular formula is C17H28O3. The van der Waals surface area contributed by atoms with Gasteiger partial charge in [0.2, 0.25) is 0 Å². The standard InChI is InChI=1S/C17H28O3/c1-14(2)8-5-9-15(3)10-6-11-16(4)12-7-13-17(18)20-19/h8,10,12,19H,5-7,9,11,13H2,1-4H3. The fourth-order valence-electron chi connectivity index (χ4n) is 1.82. The molecule has 0 fully saturated rings. The van der Waals surface area contributed by atoms with Crippen LogP contribution in [0.3, 0.4) is 0 Å². The van der Waals surface area contributed by atoms with Crippen molar-refractivity contribution in [2.24, 2.45) is 0 Å². The van der Waals surface area contributed by atoms with Crippen LogP contribution in [0.25, 0.3) is 0 Å². The molecule has 0 radical (unpaired) electrons. The second kappa shape index (κ2) is 11.5. The van der Waals surface area contributed by atoms with Gasteiger partial charge in [0, 0.05) is 0 Å². The average molecular weight is 280 g/mol. The van der Waals surface area contributed by atoms with Crippen LogP contribution in [-0.2, 0) is 9.68 Å². The lowest BCUT2D eigenvalue weighted by Crippen LogP contribution is -1.98. The van der Waals surface area contributed by atoms with Gasteiger partial charge < -0.3 is 4.89 Å². The molecule has 1 N–H and O–H groups in total. The summed E-state index contributed by atoms with van der Waals surface area (Å²) in [6.07, 6.45) is 11.7. The summed E-state index contributed by atoms with van der Waals surface area (Å²) in [4.78, 5) is 14.3. The lowest BCUT2D eigenvalue weighted by Gasteiger charge is -2.01. The van der Waals surface area contributed by atoms with Crippen LogP contribution in [0.15, 0.2) is 34.9 Å². The quantitative estimate of drug-likeness (QED) is 0.358. The molecule has 0 saturated carbocycles. The summed E-state index contributed by atoms with van der Waals surface area (Å²) in [6, 6.07) is 0. The zero-order valence-corrected chi connectivity index (χ0v) is 13.2. The number of allylic oxidation sites excluding steroid dienone is 6. The van der Waals surface area contributed by atoms with E-state index in [1.807, 2.05) is 6.08 Å². The van der Waals surface area contributed by atoms with Crippen LogP contribution in [0.5, 0.6) is 0 Å². The van der Waals surface area contributed by atoms with E-state index in [0.29, 0.717) is 6.42 Å². The Kier molecular flexibility index (Phi) is 10.7. The summed E-state index contributed by atoms with van der Waals surface area (Å²) in [5, 5.41) is 8.13. The largest absolute Gasteiger partial charge is 0.342 e. The molecule has 0 rings (SSSR count). The van der Waals surface area contributed by atoms with Crippen molar-refractivity contribution in [3.63, 3.8) is 0 Å². The van der Waals surface area contributed by atoms with E-state index in [1.165, 1.54) is 16.7 Å². The summed E-state index contributed by atoms with van der Waals surface area (Å²) >= 11 is 0. The lowest BCUT2D eigenvalue weighted by molar-refractivity contribution is -0.234. The zero-order chi connectivity index (χ0) is 15.4. The highest BCUT2D eigenvalue weighted by molar-refractivity contribution is 5.68. The van der Waals surface area contributed by atoms with Gasteiger partial charge in [-0.15, -0.1) is 0 Å². The predicted octanol–water partition coefficient (Wildman–Crippen LogP) is 5.20. The molecule has 0 spiro atoms. The molecule has 0 aliphatic carbocycles. The van der Waals surface area contributed by atoms with Gasteiger partial charge in [0.15, 0.2) is 0 Å². The van der Waals surface area contributed by atoms with E-state index in [0.717, 1.165) is 25.7 Å². The van der Waals surface area contributed by atoms with E-state index >= 15 is 0 Å².